The zero-order valence-electron chi connectivity index (χ0n) is 12.2. The molecule has 1 aromatic carbocycles. The van der Waals surface area contributed by atoms with Gasteiger partial charge in [0.05, 0.1) is 17.0 Å². The summed E-state index contributed by atoms with van der Waals surface area (Å²) in [5.41, 5.74) is 0.796. The van der Waals surface area contributed by atoms with Crippen LogP contribution in [0.15, 0.2) is 18.2 Å². The fraction of sp³-hybridized carbons (Fsp3) is 0.429. The Morgan fingerprint density at radius 2 is 2.19 bits per heavy atom. The van der Waals surface area contributed by atoms with Crippen LogP contribution in [0.3, 0.4) is 0 Å². The fourth-order valence-corrected chi connectivity index (χ4v) is 2.29. The van der Waals surface area contributed by atoms with Crippen molar-refractivity contribution in [3.63, 3.8) is 0 Å². The van der Waals surface area contributed by atoms with Gasteiger partial charge in [-0.15, -0.1) is 5.10 Å². The van der Waals surface area contributed by atoms with Gasteiger partial charge in [0, 0.05) is 5.56 Å². The minimum Gasteiger partial charge on any atom is -0.481 e. The van der Waals surface area contributed by atoms with E-state index in [0.717, 1.165) is 5.56 Å². The van der Waals surface area contributed by atoms with Crippen molar-refractivity contribution in [1.82, 2.24) is 20.2 Å². The second-order valence-corrected chi connectivity index (χ2v) is 5.77. The summed E-state index contributed by atoms with van der Waals surface area (Å²) in [7, 11) is 0. The van der Waals surface area contributed by atoms with Crippen LogP contribution in [0.25, 0.3) is 11.4 Å². The van der Waals surface area contributed by atoms with Gasteiger partial charge in [0.2, 0.25) is 0 Å². The summed E-state index contributed by atoms with van der Waals surface area (Å²) in [5, 5.41) is 21.5. The first-order chi connectivity index (χ1) is 9.87. The molecule has 112 valence electrons. The number of aryl methyl sites for hydroxylation is 1. The summed E-state index contributed by atoms with van der Waals surface area (Å²) in [6.45, 7) is 5.64. The Balaban J connectivity index is 2.41. The van der Waals surface area contributed by atoms with Gasteiger partial charge in [0.15, 0.2) is 5.82 Å². The molecule has 0 bridgehead atoms. The molecule has 0 saturated carbocycles. The monoisotopic (exact) mass is 308 g/mol. The molecule has 1 N–H and O–H groups in total. The molecule has 0 radical (unpaired) electrons. The minimum absolute atomic E-state index is 0.186. The van der Waals surface area contributed by atoms with Gasteiger partial charge >= 0.3 is 5.97 Å². The summed E-state index contributed by atoms with van der Waals surface area (Å²) >= 11 is 6.24. The Hall–Kier alpha value is -1.95. The smallest absolute Gasteiger partial charge is 0.311 e. The summed E-state index contributed by atoms with van der Waals surface area (Å²) in [5.74, 6) is -0.401. The lowest BCUT2D eigenvalue weighted by atomic mass is 9.88. The number of benzene rings is 1. The number of carboxylic acids is 1. The molecule has 0 amide bonds. The normalized spacial score (nSPS) is 13.9. The molecule has 1 atom stereocenters. The maximum Gasteiger partial charge on any atom is 0.311 e. The standard InChI is InChI=1S/C14H17ClN4O2/c1-4-14(3,13(20)21)8-19-12(16-17-18-19)10-6-5-9(2)7-11(10)15/h5-7H,4,8H2,1-3H3,(H,20,21). The predicted octanol–water partition coefficient (Wildman–Crippen LogP) is 2.80. The van der Waals surface area contributed by atoms with Gasteiger partial charge in [-0.1, -0.05) is 24.6 Å². The van der Waals surface area contributed by atoms with Crippen molar-refractivity contribution < 1.29 is 9.90 Å². The molecule has 0 aliphatic heterocycles. The number of hydrogen-bond donors (Lipinski definition) is 1. The van der Waals surface area contributed by atoms with Crippen LogP contribution >= 0.6 is 11.6 Å². The number of tetrazole rings is 1. The van der Waals surface area contributed by atoms with Crippen molar-refractivity contribution in [3.8, 4) is 11.4 Å². The minimum atomic E-state index is -0.929. The number of halogens is 1. The van der Waals surface area contributed by atoms with Crippen LogP contribution in [0.2, 0.25) is 5.02 Å². The Morgan fingerprint density at radius 3 is 2.76 bits per heavy atom. The molecule has 1 aromatic heterocycles. The van der Waals surface area contributed by atoms with Gasteiger partial charge in [0.1, 0.15) is 0 Å². The molecule has 21 heavy (non-hydrogen) atoms. The third kappa shape index (κ3) is 3.05. The lowest BCUT2D eigenvalue weighted by molar-refractivity contribution is -0.149. The van der Waals surface area contributed by atoms with Crippen LogP contribution in [-0.4, -0.2) is 31.3 Å². The van der Waals surface area contributed by atoms with E-state index in [1.165, 1.54) is 4.68 Å². The van der Waals surface area contributed by atoms with Crippen LogP contribution in [0.4, 0.5) is 0 Å². The van der Waals surface area contributed by atoms with Crippen molar-refractivity contribution in [2.24, 2.45) is 5.41 Å². The van der Waals surface area contributed by atoms with Crippen molar-refractivity contribution in [2.75, 3.05) is 0 Å². The van der Waals surface area contributed by atoms with E-state index in [0.29, 0.717) is 22.8 Å². The van der Waals surface area contributed by atoms with E-state index >= 15 is 0 Å². The number of nitrogens with zero attached hydrogens (tertiary/aromatic N) is 4. The van der Waals surface area contributed by atoms with Crippen LogP contribution in [0.5, 0.6) is 0 Å². The predicted molar refractivity (Wildman–Crippen MR) is 79.0 cm³/mol. The quantitative estimate of drug-likeness (QED) is 0.918. The molecule has 1 unspecified atom stereocenters. The van der Waals surface area contributed by atoms with Gasteiger partial charge in [-0.05, 0) is 48.4 Å². The van der Waals surface area contributed by atoms with Crippen LogP contribution in [0.1, 0.15) is 25.8 Å². The maximum atomic E-state index is 11.4. The summed E-state index contributed by atoms with van der Waals surface area (Å²) < 4.78 is 1.49. The molecule has 0 aliphatic carbocycles. The summed E-state index contributed by atoms with van der Waals surface area (Å²) in [6, 6.07) is 5.58. The Labute approximate surface area is 127 Å². The Kier molecular flexibility index (Phi) is 4.27. The zero-order valence-corrected chi connectivity index (χ0v) is 12.9. The Morgan fingerprint density at radius 1 is 1.48 bits per heavy atom. The van der Waals surface area contributed by atoms with E-state index in [1.54, 1.807) is 6.92 Å². The summed E-state index contributed by atoms with van der Waals surface area (Å²) in [4.78, 5) is 11.4. The third-order valence-electron chi connectivity index (χ3n) is 3.69. The van der Waals surface area contributed by atoms with E-state index in [2.05, 4.69) is 15.5 Å². The SMILES string of the molecule is CCC(C)(Cn1nnnc1-c1ccc(C)cc1Cl)C(=O)O. The second kappa shape index (κ2) is 5.81. The lowest BCUT2D eigenvalue weighted by Gasteiger charge is -2.22. The number of hydrogen-bond acceptors (Lipinski definition) is 4. The maximum absolute atomic E-state index is 11.4. The summed E-state index contributed by atoms with van der Waals surface area (Å²) in [6.07, 6.45) is 0.475. The third-order valence-corrected chi connectivity index (χ3v) is 4.01. The Bertz CT molecular complexity index is 671. The van der Waals surface area contributed by atoms with E-state index in [1.807, 2.05) is 32.0 Å². The van der Waals surface area contributed by atoms with E-state index in [-0.39, 0.29) is 6.54 Å². The molecule has 0 saturated heterocycles. The van der Waals surface area contributed by atoms with Crippen molar-refractivity contribution in [1.29, 1.82) is 0 Å². The number of carboxylic acid groups (broad SMARTS) is 1. The highest BCUT2D eigenvalue weighted by Gasteiger charge is 2.33. The highest BCUT2D eigenvalue weighted by Crippen LogP contribution is 2.29. The first-order valence-corrected chi connectivity index (χ1v) is 7.01. The van der Waals surface area contributed by atoms with Crippen molar-refractivity contribution >= 4 is 17.6 Å². The molecule has 0 aliphatic rings. The molecule has 1 heterocycles. The van der Waals surface area contributed by atoms with Crippen LogP contribution < -0.4 is 0 Å². The average molecular weight is 309 g/mol. The molecular formula is C14H17ClN4O2. The highest BCUT2D eigenvalue weighted by atomic mass is 35.5. The van der Waals surface area contributed by atoms with Crippen LogP contribution in [-0.2, 0) is 11.3 Å². The zero-order chi connectivity index (χ0) is 15.6. The molecule has 6 nitrogen and oxygen atoms in total. The number of aromatic nitrogens is 4. The molecule has 7 heteroatoms. The highest BCUT2D eigenvalue weighted by molar-refractivity contribution is 6.33. The molecule has 0 spiro atoms. The van der Waals surface area contributed by atoms with Gasteiger partial charge in [-0.3, -0.25) is 4.79 Å². The van der Waals surface area contributed by atoms with E-state index < -0.39 is 11.4 Å². The van der Waals surface area contributed by atoms with Crippen molar-refractivity contribution in [2.45, 2.75) is 33.7 Å². The molecule has 0 fully saturated rings. The second-order valence-electron chi connectivity index (χ2n) is 5.36. The van der Waals surface area contributed by atoms with Gasteiger partial charge in [0.25, 0.3) is 0 Å². The largest absolute Gasteiger partial charge is 0.481 e. The molecular weight excluding hydrogens is 292 g/mol. The fourth-order valence-electron chi connectivity index (χ4n) is 1.97. The average Bonchev–Trinajstić information content (AvgIpc) is 2.86. The van der Waals surface area contributed by atoms with Crippen molar-refractivity contribution in [3.05, 3.63) is 28.8 Å². The topological polar surface area (TPSA) is 80.9 Å². The lowest BCUT2D eigenvalue weighted by Crippen LogP contribution is -2.32. The van der Waals surface area contributed by atoms with Gasteiger partial charge in [-0.2, -0.15) is 0 Å². The van der Waals surface area contributed by atoms with E-state index in [4.69, 9.17) is 11.6 Å². The first kappa shape index (κ1) is 15.4. The van der Waals surface area contributed by atoms with Gasteiger partial charge < -0.3 is 5.11 Å². The number of aliphatic carboxylic acids is 1. The molecule has 2 aromatic rings. The van der Waals surface area contributed by atoms with E-state index in [9.17, 15) is 9.90 Å². The molecule has 2 rings (SSSR count). The number of carbonyl (C=O) groups is 1. The van der Waals surface area contributed by atoms with Crippen LogP contribution in [0, 0.1) is 12.3 Å². The van der Waals surface area contributed by atoms with Gasteiger partial charge in [-0.25, -0.2) is 4.68 Å². The first-order valence-electron chi connectivity index (χ1n) is 6.63. The number of rotatable bonds is 5.